The molecule has 42 heavy (non-hydrogen) atoms. The molecule has 0 unspecified atom stereocenters. The van der Waals surface area contributed by atoms with Crippen LogP contribution in [-0.2, 0) is 10.9 Å². The highest BCUT2D eigenvalue weighted by atomic mass is 35.5. The van der Waals surface area contributed by atoms with Gasteiger partial charge in [0.15, 0.2) is 0 Å². The molecule has 2 aromatic heterocycles. The lowest BCUT2D eigenvalue weighted by Crippen LogP contribution is -2.24. The number of pyridine rings is 1. The number of rotatable bonds is 6. The number of nitrogens with one attached hydrogen (secondary N) is 2. The molecule has 4 aromatic rings. The van der Waals surface area contributed by atoms with Crippen LogP contribution >= 0.6 is 22.9 Å². The van der Waals surface area contributed by atoms with Crippen LogP contribution < -0.4 is 15.4 Å². The molecular formula is C28H22ClF4N3O5S. The van der Waals surface area contributed by atoms with Crippen molar-refractivity contribution in [2.45, 2.75) is 32.5 Å². The second kappa shape index (κ2) is 11.6. The minimum absolute atomic E-state index is 0.0236. The zero-order chi connectivity index (χ0) is 31.0. The first-order valence-electron chi connectivity index (χ1n) is 12.1. The van der Waals surface area contributed by atoms with Gasteiger partial charge in [-0.3, -0.25) is 9.59 Å². The van der Waals surface area contributed by atoms with Crippen LogP contribution in [0.15, 0.2) is 48.7 Å². The first-order chi connectivity index (χ1) is 19.6. The average Bonchev–Trinajstić information content (AvgIpc) is 3.24. The fourth-order valence-corrected chi connectivity index (χ4v) is 5.08. The highest BCUT2D eigenvalue weighted by Gasteiger charge is 2.34. The Labute approximate surface area is 245 Å². The van der Waals surface area contributed by atoms with Gasteiger partial charge in [0, 0.05) is 22.0 Å². The molecule has 2 heterocycles. The minimum atomic E-state index is -4.99. The third-order valence-electron chi connectivity index (χ3n) is 5.59. The zero-order valence-corrected chi connectivity index (χ0v) is 24.0. The van der Waals surface area contributed by atoms with Crippen LogP contribution in [0, 0.1) is 5.82 Å². The first kappa shape index (κ1) is 30.7. The molecule has 0 atom stereocenters. The Morgan fingerprint density at radius 1 is 0.976 bits per heavy atom. The maximum Gasteiger partial charge on any atom is 0.419 e. The quantitative estimate of drug-likeness (QED) is 0.130. The van der Waals surface area contributed by atoms with Crippen LogP contribution in [0.1, 0.15) is 56.7 Å². The normalized spacial score (nSPS) is 11.7. The van der Waals surface area contributed by atoms with Gasteiger partial charge in [-0.1, -0.05) is 11.6 Å². The molecule has 0 fully saturated rings. The summed E-state index contributed by atoms with van der Waals surface area (Å²) in [4.78, 5) is 43.3. The number of hydrogen-bond acceptors (Lipinski definition) is 7. The Bertz CT molecular complexity index is 1720. The highest BCUT2D eigenvalue weighted by Crippen LogP contribution is 2.38. The first-order valence-corrected chi connectivity index (χ1v) is 13.3. The summed E-state index contributed by atoms with van der Waals surface area (Å²) in [6, 6.07) is 7.55. The number of amides is 2. The largest absolute Gasteiger partial charge is 0.496 e. The van der Waals surface area contributed by atoms with E-state index in [2.05, 4.69) is 15.6 Å². The van der Waals surface area contributed by atoms with E-state index < -0.39 is 40.9 Å². The summed E-state index contributed by atoms with van der Waals surface area (Å²) >= 11 is 6.89. The number of benzene rings is 2. The molecule has 0 radical (unpaired) electrons. The summed E-state index contributed by atoms with van der Waals surface area (Å²) in [6.07, 6.45) is -3.68. The lowest BCUT2D eigenvalue weighted by molar-refractivity contribution is -0.139. The third-order valence-corrected chi connectivity index (χ3v) is 6.95. The van der Waals surface area contributed by atoms with Crippen LogP contribution in [0.3, 0.4) is 0 Å². The number of aromatic nitrogens is 1. The number of fused-ring (bicyclic) bond motifs is 1. The maximum absolute atomic E-state index is 13.8. The van der Waals surface area contributed by atoms with Crippen molar-refractivity contribution in [1.82, 2.24) is 4.98 Å². The van der Waals surface area contributed by atoms with E-state index in [9.17, 15) is 31.9 Å². The van der Waals surface area contributed by atoms with E-state index in [1.54, 1.807) is 20.8 Å². The lowest BCUT2D eigenvalue weighted by Gasteiger charge is -2.20. The fourth-order valence-electron chi connectivity index (χ4n) is 3.79. The lowest BCUT2D eigenvalue weighted by atomic mass is 10.1. The molecule has 0 bridgehead atoms. The summed E-state index contributed by atoms with van der Waals surface area (Å²) in [5, 5.41) is 5.33. The highest BCUT2D eigenvalue weighted by molar-refractivity contribution is 7.21. The van der Waals surface area contributed by atoms with E-state index in [0.717, 1.165) is 17.4 Å². The number of hydrogen-bond donors (Lipinski definition) is 2. The van der Waals surface area contributed by atoms with Crippen LogP contribution in [0.25, 0.3) is 10.1 Å². The van der Waals surface area contributed by atoms with Gasteiger partial charge in [0.25, 0.3) is 11.8 Å². The zero-order valence-electron chi connectivity index (χ0n) is 22.4. The topological polar surface area (TPSA) is 107 Å². The molecule has 2 amide bonds. The van der Waals surface area contributed by atoms with E-state index in [-0.39, 0.29) is 38.3 Å². The Morgan fingerprint density at radius 2 is 1.69 bits per heavy atom. The number of nitrogens with zero attached hydrogens (tertiary/aromatic N) is 1. The summed E-state index contributed by atoms with van der Waals surface area (Å²) in [6.45, 7) is 5.06. The van der Waals surface area contributed by atoms with Gasteiger partial charge in [-0.15, -0.1) is 11.3 Å². The Kier molecular flexibility index (Phi) is 8.46. The minimum Gasteiger partial charge on any atom is -0.496 e. The van der Waals surface area contributed by atoms with Crippen molar-refractivity contribution in [2.24, 2.45) is 0 Å². The summed E-state index contributed by atoms with van der Waals surface area (Å²) < 4.78 is 64.4. The van der Waals surface area contributed by atoms with Gasteiger partial charge in [0.05, 0.1) is 29.5 Å². The number of thiophene rings is 1. The van der Waals surface area contributed by atoms with Crippen LogP contribution in [0.5, 0.6) is 5.75 Å². The van der Waals surface area contributed by atoms with Crippen LogP contribution in [-0.4, -0.2) is 35.5 Å². The van der Waals surface area contributed by atoms with E-state index in [4.69, 9.17) is 21.1 Å². The third kappa shape index (κ3) is 6.80. The SMILES string of the molecule is COc1ccc(C(=O)OC(C)(C)C)cc1C(=O)Nc1c(C(=O)Nc2ccc(F)c(C(F)(F)F)c2)sc2cc(Cl)ncc12. The second-order valence-electron chi connectivity index (χ2n) is 9.83. The van der Waals surface area contributed by atoms with Gasteiger partial charge in [-0.05, 0) is 63.2 Å². The van der Waals surface area contributed by atoms with Crippen molar-refractivity contribution < 1.29 is 41.4 Å². The number of esters is 1. The maximum atomic E-state index is 13.8. The van der Waals surface area contributed by atoms with Gasteiger partial charge < -0.3 is 20.1 Å². The van der Waals surface area contributed by atoms with E-state index in [1.165, 1.54) is 37.6 Å². The summed E-state index contributed by atoms with van der Waals surface area (Å²) in [5.74, 6) is -3.74. The number of carbonyl (C=O) groups excluding carboxylic acids is 3. The van der Waals surface area contributed by atoms with Crippen LogP contribution in [0.2, 0.25) is 5.15 Å². The molecule has 14 heteroatoms. The van der Waals surface area contributed by atoms with E-state index in [1.807, 2.05) is 0 Å². The fraction of sp³-hybridized carbons (Fsp3) is 0.214. The van der Waals surface area contributed by atoms with Crippen molar-refractivity contribution in [2.75, 3.05) is 17.7 Å². The molecule has 2 N–H and O–H groups in total. The number of ether oxygens (including phenoxy) is 2. The van der Waals surface area contributed by atoms with Crippen LogP contribution in [0.4, 0.5) is 28.9 Å². The Morgan fingerprint density at radius 3 is 2.33 bits per heavy atom. The number of carbonyl (C=O) groups is 3. The molecule has 0 aliphatic rings. The van der Waals surface area contributed by atoms with Crippen molar-refractivity contribution in [3.8, 4) is 5.75 Å². The molecule has 0 aliphatic heterocycles. The van der Waals surface area contributed by atoms with Gasteiger partial charge >= 0.3 is 12.1 Å². The smallest absolute Gasteiger partial charge is 0.419 e. The molecular weight excluding hydrogens is 602 g/mol. The molecule has 220 valence electrons. The van der Waals surface area contributed by atoms with E-state index in [0.29, 0.717) is 22.2 Å². The van der Waals surface area contributed by atoms with Crippen molar-refractivity contribution in [1.29, 1.82) is 0 Å². The molecule has 0 saturated carbocycles. The average molecular weight is 624 g/mol. The molecule has 0 saturated heterocycles. The number of anilines is 2. The van der Waals surface area contributed by atoms with Crippen molar-refractivity contribution in [3.05, 3.63) is 81.2 Å². The van der Waals surface area contributed by atoms with Crippen molar-refractivity contribution >= 4 is 62.2 Å². The monoisotopic (exact) mass is 623 g/mol. The molecule has 0 aliphatic carbocycles. The van der Waals surface area contributed by atoms with Gasteiger partial charge in [-0.25, -0.2) is 14.2 Å². The Balaban J connectivity index is 1.73. The predicted molar refractivity (Wildman–Crippen MR) is 150 cm³/mol. The van der Waals surface area contributed by atoms with Gasteiger partial charge in [-0.2, -0.15) is 13.2 Å². The second-order valence-corrected chi connectivity index (χ2v) is 11.3. The molecule has 8 nitrogen and oxygen atoms in total. The summed E-state index contributed by atoms with van der Waals surface area (Å²) in [7, 11) is 1.32. The molecule has 2 aromatic carbocycles. The number of alkyl halides is 3. The standard InChI is InChI=1S/C28H22ClF4N3O5S/c1-27(2,3)41-26(39)13-5-8-19(40-4)15(9-13)24(37)36-22-16-12-34-21(29)11-20(16)42-23(22)25(38)35-14-6-7-18(30)17(10-14)28(31,32)33/h5-12H,1-4H3,(H,35,38)(H,36,37). The summed E-state index contributed by atoms with van der Waals surface area (Å²) in [5.41, 5.74) is -2.71. The van der Waals surface area contributed by atoms with Gasteiger partial charge in [0.2, 0.25) is 0 Å². The number of methoxy groups -OCH3 is 1. The predicted octanol–water partition coefficient (Wildman–Crippen LogP) is 7.58. The van der Waals surface area contributed by atoms with E-state index >= 15 is 0 Å². The molecule has 0 spiro atoms. The Hall–Kier alpha value is -4.23. The number of halogens is 5. The molecule has 4 rings (SSSR count). The van der Waals surface area contributed by atoms with Crippen molar-refractivity contribution in [3.63, 3.8) is 0 Å². The van der Waals surface area contributed by atoms with Gasteiger partial charge in [0.1, 0.15) is 27.2 Å².